The van der Waals surface area contributed by atoms with Crippen LogP contribution in [0, 0.1) is 13.8 Å². The van der Waals surface area contributed by atoms with Crippen LogP contribution in [0.3, 0.4) is 0 Å². The molecule has 3 aliphatic rings. The number of anilines is 1. The summed E-state index contributed by atoms with van der Waals surface area (Å²) in [5.41, 5.74) is 10.0. The smallest absolute Gasteiger partial charge is 0.127 e. The van der Waals surface area contributed by atoms with Crippen molar-refractivity contribution in [3.8, 4) is 5.75 Å². The minimum absolute atomic E-state index is 0. The van der Waals surface area contributed by atoms with Crippen LogP contribution in [0.1, 0.15) is 54.2 Å². The Labute approximate surface area is 187 Å². The van der Waals surface area contributed by atoms with E-state index in [0.29, 0.717) is 0 Å². The quantitative estimate of drug-likeness (QED) is 0.708. The van der Waals surface area contributed by atoms with Gasteiger partial charge in [0.05, 0.1) is 0 Å². The van der Waals surface area contributed by atoms with Crippen LogP contribution in [-0.2, 0) is 25.7 Å². The molecule has 3 heterocycles. The zero-order chi connectivity index (χ0) is 20.4. The predicted octanol–water partition coefficient (Wildman–Crippen LogP) is 5.27. The van der Waals surface area contributed by atoms with Crippen molar-refractivity contribution < 1.29 is 4.74 Å². The molecule has 0 saturated carbocycles. The number of nitrogens with zero attached hydrogens (tertiary/aromatic N) is 1. The minimum atomic E-state index is -0.141. The highest BCUT2D eigenvalue weighted by Crippen LogP contribution is 2.49. The Balaban J connectivity index is 0.00000218. The molecule has 2 aromatic carbocycles. The average Bonchev–Trinajstić information content (AvgIpc) is 3.11. The number of ether oxygens (including phenoxy) is 1. The van der Waals surface area contributed by atoms with Gasteiger partial charge in [0.25, 0.3) is 0 Å². The molecule has 4 heteroatoms. The SMILES string of the molecule is Cc1c(C)c2c(c3c1NC(C)(C)C3)CC(C)(CN1CCc3ccccc3CC1)O2.Cl. The Bertz CT molecular complexity index is 956. The standard InChI is InChI=1S/C26H34N2O.ClH/c1-17-18(2)24-22(21-14-25(3,4)27-23(17)21)15-26(5,29-24)16-28-12-10-19-8-6-7-9-20(19)11-13-28;/h6-9,27H,10-16H2,1-5H3;1H. The van der Waals surface area contributed by atoms with Gasteiger partial charge in [-0.15, -0.1) is 12.4 Å². The van der Waals surface area contributed by atoms with Crippen molar-refractivity contribution in [2.24, 2.45) is 0 Å². The van der Waals surface area contributed by atoms with Crippen molar-refractivity contribution in [2.45, 2.75) is 71.4 Å². The first-order valence-electron chi connectivity index (χ1n) is 11.2. The molecule has 0 saturated heterocycles. The molecule has 0 aromatic heterocycles. The lowest BCUT2D eigenvalue weighted by Gasteiger charge is -2.31. The van der Waals surface area contributed by atoms with Crippen molar-refractivity contribution in [1.29, 1.82) is 0 Å². The summed E-state index contributed by atoms with van der Waals surface area (Å²) in [6.45, 7) is 14.6. The van der Waals surface area contributed by atoms with Gasteiger partial charge in [-0.25, -0.2) is 0 Å². The highest BCUT2D eigenvalue weighted by atomic mass is 35.5. The van der Waals surface area contributed by atoms with Gasteiger partial charge in [-0.1, -0.05) is 24.3 Å². The van der Waals surface area contributed by atoms with Crippen LogP contribution in [-0.4, -0.2) is 35.7 Å². The first kappa shape index (κ1) is 21.5. The Hall–Kier alpha value is -1.71. The van der Waals surface area contributed by atoms with Crippen LogP contribution in [0.15, 0.2) is 24.3 Å². The van der Waals surface area contributed by atoms with E-state index in [9.17, 15) is 0 Å². The normalized spacial score (nSPS) is 24.0. The Morgan fingerprint density at radius 1 is 0.933 bits per heavy atom. The first-order chi connectivity index (χ1) is 13.7. The molecule has 1 unspecified atom stereocenters. The molecule has 1 N–H and O–H groups in total. The van der Waals surface area contributed by atoms with Gasteiger partial charge in [0.1, 0.15) is 11.4 Å². The Kier molecular flexibility index (Phi) is 5.35. The lowest BCUT2D eigenvalue weighted by Crippen LogP contribution is -2.45. The summed E-state index contributed by atoms with van der Waals surface area (Å²) in [5.74, 6) is 1.17. The molecule has 3 nitrogen and oxygen atoms in total. The molecule has 3 aliphatic heterocycles. The lowest BCUT2D eigenvalue weighted by atomic mass is 9.89. The molecule has 30 heavy (non-hydrogen) atoms. The van der Waals surface area contributed by atoms with Crippen molar-refractivity contribution in [1.82, 2.24) is 4.90 Å². The molecular weight excluding hydrogens is 392 g/mol. The molecule has 0 aliphatic carbocycles. The van der Waals surface area contributed by atoms with E-state index in [2.05, 4.69) is 69.1 Å². The first-order valence-corrected chi connectivity index (χ1v) is 11.2. The van der Waals surface area contributed by atoms with Gasteiger partial charge in [-0.2, -0.15) is 0 Å². The maximum Gasteiger partial charge on any atom is 0.127 e. The van der Waals surface area contributed by atoms with Crippen molar-refractivity contribution >= 4 is 18.1 Å². The topological polar surface area (TPSA) is 24.5 Å². The maximum absolute atomic E-state index is 6.75. The highest BCUT2D eigenvalue weighted by Gasteiger charge is 2.43. The predicted molar refractivity (Wildman–Crippen MR) is 128 cm³/mol. The van der Waals surface area contributed by atoms with Gasteiger partial charge in [0.15, 0.2) is 0 Å². The Morgan fingerprint density at radius 3 is 2.20 bits per heavy atom. The fourth-order valence-corrected chi connectivity index (χ4v) is 5.70. The second kappa shape index (κ2) is 7.46. The van der Waals surface area contributed by atoms with E-state index in [1.165, 1.54) is 44.8 Å². The summed E-state index contributed by atoms with van der Waals surface area (Å²) in [5, 5.41) is 3.77. The van der Waals surface area contributed by atoms with Gasteiger partial charge in [0.2, 0.25) is 0 Å². The van der Waals surface area contributed by atoms with Crippen LogP contribution in [0.25, 0.3) is 0 Å². The molecule has 1 atom stereocenters. The molecular formula is C26H35ClN2O. The summed E-state index contributed by atoms with van der Waals surface area (Å²) < 4.78 is 6.75. The number of hydrogen-bond acceptors (Lipinski definition) is 3. The number of fused-ring (bicyclic) bond motifs is 4. The lowest BCUT2D eigenvalue weighted by molar-refractivity contribution is 0.0644. The summed E-state index contributed by atoms with van der Waals surface area (Å²) in [6.07, 6.45) is 4.40. The zero-order valence-corrected chi connectivity index (χ0v) is 19.8. The van der Waals surface area contributed by atoms with E-state index < -0.39 is 0 Å². The van der Waals surface area contributed by atoms with E-state index in [1.807, 2.05) is 0 Å². The number of nitrogens with one attached hydrogen (secondary N) is 1. The largest absolute Gasteiger partial charge is 0.485 e. The molecule has 5 rings (SSSR count). The number of benzene rings is 2. The molecule has 0 bridgehead atoms. The third kappa shape index (κ3) is 3.61. The monoisotopic (exact) mass is 426 g/mol. The molecule has 0 amide bonds. The highest BCUT2D eigenvalue weighted by molar-refractivity contribution is 5.85. The van der Waals surface area contributed by atoms with Crippen LogP contribution in [0.4, 0.5) is 5.69 Å². The third-order valence-electron chi connectivity index (χ3n) is 7.27. The van der Waals surface area contributed by atoms with Crippen molar-refractivity contribution in [3.05, 3.63) is 57.6 Å². The van der Waals surface area contributed by atoms with E-state index in [1.54, 1.807) is 0 Å². The fourth-order valence-electron chi connectivity index (χ4n) is 5.70. The van der Waals surface area contributed by atoms with Crippen LogP contribution in [0.5, 0.6) is 5.75 Å². The average molecular weight is 427 g/mol. The van der Waals surface area contributed by atoms with Gasteiger partial charge < -0.3 is 10.1 Å². The second-order valence-electron chi connectivity index (χ2n) is 10.4. The van der Waals surface area contributed by atoms with E-state index in [0.717, 1.165) is 45.3 Å². The third-order valence-corrected chi connectivity index (χ3v) is 7.27. The summed E-state index contributed by atoms with van der Waals surface area (Å²) >= 11 is 0. The summed E-state index contributed by atoms with van der Waals surface area (Å²) in [6, 6.07) is 8.95. The van der Waals surface area contributed by atoms with Gasteiger partial charge in [0, 0.05) is 42.8 Å². The molecule has 0 radical (unpaired) electrons. The number of hydrogen-bond donors (Lipinski definition) is 1. The maximum atomic E-state index is 6.75. The van der Waals surface area contributed by atoms with E-state index in [4.69, 9.17) is 4.74 Å². The summed E-state index contributed by atoms with van der Waals surface area (Å²) in [7, 11) is 0. The van der Waals surface area contributed by atoms with Crippen LogP contribution < -0.4 is 10.1 Å². The van der Waals surface area contributed by atoms with Gasteiger partial charge in [-0.05, 0) is 81.7 Å². The van der Waals surface area contributed by atoms with Crippen LogP contribution in [0.2, 0.25) is 0 Å². The van der Waals surface area contributed by atoms with Crippen molar-refractivity contribution in [2.75, 3.05) is 25.0 Å². The summed E-state index contributed by atoms with van der Waals surface area (Å²) in [4.78, 5) is 2.62. The van der Waals surface area contributed by atoms with Gasteiger partial charge >= 0.3 is 0 Å². The van der Waals surface area contributed by atoms with Gasteiger partial charge in [-0.3, -0.25) is 4.90 Å². The Morgan fingerprint density at radius 2 is 1.57 bits per heavy atom. The number of halogens is 1. The van der Waals surface area contributed by atoms with Crippen LogP contribution >= 0.6 is 12.4 Å². The van der Waals surface area contributed by atoms with Crippen molar-refractivity contribution in [3.63, 3.8) is 0 Å². The fraction of sp³-hybridized carbons (Fsp3) is 0.538. The molecule has 2 aromatic rings. The molecule has 162 valence electrons. The second-order valence-corrected chi connectivity index (χ2v) is 10.4. The minimum Gasteiger partial charge on any atom is -0.485 e. The molecule has 0 fully saturated rings. The zero-order valence-electron chi connectivity index (χ0n) is 19.0. The van der Waals surface area contributed by atoms with E-state index >= 15 is 0 Å². The van der Waals surface area contributed by atoms with E-state index in [-0.39, 0.29) is 23.5 Å². The molecule has 0 spiro atoms. The number of rotatable bonds is 2.